The molecule has 1 aromatic heterocycles. The molecule has 0 aliphatic heterocycles. The molecule has 0 amide bonds. The molecule has 0 atom stereocenters. The van der Waals surface area contributed by atoms with Crippen molar-refractivity contribution in [2.24, 2.45) is 7.05 Å². The Balaban J connectivity index is 1.89. The highest BCUT2D eigenvalue weighted by Gasteiger charge is 2.09. The van der Waals surface area contributed by atoms with Gasteiger partial charge in [-0.3, -0.25) is 4.68 Å². The summed E-state index contributed by atoms with van der Waals surface area (Å²) in [6.07, 6.45) is 0. The predicted octanol–water partition coefficient (Wildman–Crippen LogP) is 3.60. The average molecular weight is 270 g/mol. The lowest BCUT2D eigenvalue weighted by Crippen LogP contribution is -1.99. The number of hydrogen-bond acceptors (Lipinski definition) is 2. The van der Waals surface area contributed by atoms with Gasteiger partial charge in [0.1, 0.15) is 23.9 Å². The minimum absolute atomic E-state index is 0.295. The van der Waals surface area contributed by atoms with Gasteiger partial charge in [-0.1, -0.05) is 24.3 Å². The smallest absolute Gasteiger partial charge is 0.133 e. The first kappa shape index (κ1) is 12.7. The third-order valence-corrected chi connectivity index (χ3v) is 3.35. The van der Waals surface area contributed by atoms with Crippen LogP contribution in [0.1, 0.15) is 11.3 Å². The zero-order valence-corrected chi connectivity index (χ0v) is 11.4. The van der Waals surface area contributed by atoms with Crippen LogP contribution in [0.15, 0.2) is 42.5 Å². The van der Waals surface area contributed by atoms with Crippen LogP contribution in [0.4, 0.5) is 4.39 Å². The van der Waals surface area contributed by atoms with Gasteiger partial charge in [0.2, 0.25) is 0 Å². The van der Waals surface area contributed by atoms with Crippen LogP contribution < -0.4 is 4.74 Å². The zero-order valence-electron chi connectivity index (χ0n) is 11.4. The molecule has 0 aliphatic carbocycles. The van der Waals surface area contributed by atoms with Crippen molar-refractivity contribution in [2.45, 2.75) is 13.5 Å². The second kappa shape index (κ2) is 4.96. The highest BCUT2D eigenvalue weighted by molar-refractivity contribution is 5.81. The maximum Gasteiger partial charge on any atom is 0.133 e. The van der Waals surface area contributed by atoms with E-state index in [0.717, 1.165) is 22.2 Å². The quantitative estimate of drug-likeness (QED) is 0.727. The van der Waals surface area contributed by atoms with Crippen molar-refractivity contribution in [3.63, 3.8) is 0 Å². The fraction of sp³-hybridized carbons (Fsp3) is 0.188. The number of aryl methyl sites for hydroxylation is 2. The topological polar surface area (TPSA) is 27.1 Å². The van der Waals surface area contributed by atoms with Crippen LogP contribution in [-0.4, -0.2) is 9.78 Å². The first-order valence-corrected chi connectivity index (χ1v) is 6.45. The molecule has 3 nitrogen and oxygen atoms in total. The number of para-hydroxylation sites is 1. The first-order valence-electron chi connectivity index (χ1n) is 6.45. The maximum absolute atomic E-state index is 13.2. The normalized spacial score (nSPS) is 10.9. The van der Waals surface area contributed by atoms with Crippen LogP contribution in [0, 0.1) is 12.7 Å². The van der Waals surface area contributed by atoms with E-state index in [1.54, 1.807) is 6.07 Å². The Morgan fingerprint density at radius 3 is 2.85 bits per heavy atom. The van der Waals surface area contributed by atoms with Gasteiger partial charge in [-0.25, -0.2) is 4.39 Å². The predicted molar refractivity (Wildman–Crippen MR) is 76.2 cm³/mol. The van der Waals surface area contributed by atoms with Crippen molar-refractivity contribution in [1.29, 1.82) is 0 Å². The Morgan fingerprint density at radius 2 is 2.00 bits per heavy atom. The molecule has 0 N–H and O–H groups in total. The summed E-state index contributed by atoms with van der Waals surface area (Å²) in [5.41, 5.74) is 2.82. The van der Waals surface area contributed by atoms with Gasteiger partial charge in [-0.05, 0) is 24.6 Å². The Hall–Kier alpha value is -2.36. The molecule has 0 spiro atoms. The lowest BCUT2D eigenvalue weighted by atomic mass is 10.2. The van der Waals surface area contributed by atoms with Crippen molar-refractivity contribution in [3.8, 4) is 5.75 Å². The summed E-state index contributed by atoms with van der Waals surface area (Å²) < 4.78 is 20.8. The number of ether oxygens (including phenoxy) is 1. The molecule has 20 heavy (non-hydrogen) atoms. The standard InChI is InChI=1S/C16H15FN2O/c1-11-7-8-12(17)9-16(11)20-10-14-13-5-3-4-6-15(13)19(2)18-14/h3-9H,10H2,1-2H3. The van der Waals surface area contributed by atoms with Gasteiger partial charge >= 0.3 is 0 Å². The fourth-order valence-corrected chi connectivity index (χ4v) is 2.27. The summed E-state index contributed by atoms with van der Waals surface area (Å²) >= 11 is 0. The third kappa shape index (κ3) is 2.25. The highest BCUT2D eigenvalue weighted by atomic mass is 19.1. The van der Waals surface area contributed by atoms with Gasteiger partial charge in [-0.15, -0.1) is 0 Å². The van der Waals surface area contributed by atoms with E-state index in [1.165, 1.54) is 12.1 Å². The molecule has 2 aromatic carbocycles. The molecule has 0 aliphatic rings. The molecule has 0 unspecified atom stereocenters. The van der Waals surface area contributed by atoms with Crippen molar-refractivity contribution in [1.82, 2.24) is 9.78 Å². The van der Waals surface area contributed by atoms with Crippen molar-refractivity contribution < 1.29 is 9.13 Å². The molecule has 0 bridgehead atoms. The van der Waals surface area contributed by atoms with Crippen molar-refractivity contribution in [3.05, 3.63) is 59.5 Å². The SMILES string of the molecule is Cc1ccc(F)cc1OCc1nn(C)c2ccccc12. The van der Waals surface area contributed by atoms with E-state index < -0.39 is 0 Å². The van der Waals surface area contributed by atoms with Gasteiger partial charge in [0.15, 0.2) is 0 Å². The Bertz CT molecular complexity index is 764. The van der Waals surface area contributed by atoms with Crippen molar-refractivity contribution >= 4 is 10.9 Å². The van der Waals surface area contributed by atoms with Gasteiger partial charge in [0.25, 0.3) is 0 Å². The second-order valence-electron chi connectivity index (χ2n) is 4.79. The largest absolute Gasteiger partial charge is 0.487 e. The molecule has 3 rings (SSSR count). The number of halogens is 1. The Kier molecular flexibility index (Phi) is 3.14. The van der Waals surface area contributed by atoms with Crippen LogP contribution in [0.3, 0.4) is 0 Å². The number of fused-ring (bicyclic) bond motifs is 1. The molecule has 3 aromatic rings. The number of hydrogen-bond donors (Lipinski definition) is 0. The summed E-state index contributed by atoms with van der Waals surface area (Å²) in [5.74, 6) is 0.260. The van der Waals surface area contributed by atoms with Crippen LogP contribution >= 0.6 is 0 Å². The number of rotatable bonds is 3. The van der Waals surface area contributed by atoms with Crippen molar-refractivity contribution in [2.75, 3.05) is 0 Å². The van der Waals surface area contributed by atoms with Crippen LogP contribution in [0.2, 0.25) is 0 Å². The van der Waals surface area contributed by atoms with Crippen LogP contribution in [-0.2, 0) is 13.7 Å². The monoisotopic (exact) mass is 270 g/mol. The number of aromatic nitrogens is 2. The van der Waals surface area contributed by atoms with Gasteiger partial charge in [0.05, 0.1) is 5.52 Å². The second-order valence-corrected chi connectivity index (χ2v) is 4.79. The molecule has 4 heteroatoms. The molecule has 1 heterocycles. The maximum atomic E-state index is 13.2. The fourth-order valence-electron chi connectivity index (χ4n) is 2.27. The number of nitrogens with zero attached hydrogens (tertiary/aromatic N) is 2. The number of benzene rings is 2. The van der Waals surface area contributed by atoms with Gasteiger partial charge < -0.3 is 4.74 Å². The lowest BCUT2D eigenvalue weighted by molar-refractivity contribution is 0.297. The Morgan fingerprint density at radius 1 is 1.20 bits per heavy atom. The summed E-state index contributed by atoms with van der Waals surface area (Å²) in [7, 11) is 1.90. The molecule has 0 saturated carbocycles. The van der Waals surface area contributed by atoms with Crippen LogP contribution in [0.25, 0.3) is 10.9 Å². The molecule has 102 valence electrons. The minimum Gasteiger partial charge on any atom is -0.487 e. The van der Waals surface area contributed by atoms with E-state index in [2.05, 4.69) is 5.10 Å². The zero-order chi connectivity index (χ0) is 14.1. The summed E-state index contributed by atoms with van der Waals surface area (Å²) in [4.78, 5) is 0. The van der Waals surface area contributed by atoms with E-state index in [0.29, 0.717) is 12.4 Å². The summed E-state index contributed by atoms with van der Waals surface area (Å²) in [5, 5.41) is 5.51. The first-order chi connectivity index (χ1) is 9.65. The summed E-state index contributed by atoms with van der Waals surface area (Å²) in [6.45, 7) is 2.22. The third-order valence-electron chi connectivity index (χ3n) is 3.35. The molecular formula is C16H15FN2O. The Labute approximate surface area is 116 Å². The molecule has 0 saturated heterocycles. The van der Waals surface area contributed by atoms with E-state index in [4.69, 9.17) is 4.74 Å². The molecular weight excluding hydrogens is 255 g/mol. The molecule has 0 fully saturated rings. The van der Waals surface area contributed by atoms with Gasteiger partial charge in [-0.2, -0.15) is 5.10 Å². The highest BCUT2D eigenvalue weighted by Crippen LogP contribution is 2.22. The van der Waals surface area contributed by atoms with E-state index in [1.807, 2.05) is 42.9 Å². The lowest BCUT2D eigenvalue weighted by Gasteiger charge is -2.07. The van der Waals surface area contributed by atoms with Crippen LogP contribution in [0.5, 0.6) is 5.75 Å². The van der Waals surface area contributed by atoms with E-state index >= 15 is 0 Å². The molecule has 0 radical (unpaired) electrons. The van der Waals surface area contributed by atoms with E-state index in [9.17, 15) is 4.39 Å². The van der Waals surface area contributed by atoms with Gasteiger partial charge in [0, 0.05) is 18.5 Å². The van der Waals surface area contributed by atoms with E-state index in [-0.39, 0.29) is 5.82 Å². The minimum atomic E-state index is -0.295. The average Bonchev–Trinajstić information content (AvgIpc) is 2.77. The summed E-state index contributed by atoms with van der Waals surface area (Å²) in [6, 6.07) is 12.5.